The van der Waals surface area contributed by atoms with Crippen molar-refractivity contribution in [2.75, 3.05) is 14.2 Å². The lowest BCUT2D eigenvalue weighted by atomic mass is 9.80. The molecule has 2 N–H and O–H groups in total. The molecule has 1 rings (SSSR count). The summed E-state index contributed by atoms with van der Waals surface area (Å²) in [5, 5.41) is 0. The Morgan fingerprint density at radius 3 is 2.42 bits per heavy atom. The Morgan fingerprint density at radius 2 is 1.95 bits per heavy atom. The molecule has 0 amide bonds. The molecule has 108 valence electrons. The predicted octanol–water partition coefficient (Wildman–Crippen LogP) is 2.46. The Hall–Kier alpha value is -1.33. The average molecular weight is 292 g/mol. The maximum Gasteiger partial charge on any atom is 0.313 e. The van der Waals surface area contributed by atoms with Crippen molar-refractivity contribution in [3.8, 4) is 5.75 Å². The zero-order valence-corrected chi connectivity index (χ0v) is 12.2. The first-order valence-electron chi connectivity index (χ1n) is 5.52. The van der Waals surface area contributed by atoms with Crippen LogP contribution in [0.4, 0.5) is 4.39 Å². The van der Waals surface area contributed by atoms with Gasteiger partial charge in [-0.2, -0.15) is 0 Å². The topological polar surface area (TPSA) is 61.5 Å². The van der Waals surface area contributed by atoms with Crippen LogP contribution in [-0.2, 0) is 9.53 Å². The third-order valence-corrected chi connectivity index (χ3v) is 3.03. The van der Waals surface area contributed by atoms with E-state index in [9.17, 15) is 9.18 Å². The zero-order chi connectivity index (χ0) is 13.9. The van der Waals surface area contributed by atoms with Crippen molar-refractivity contribution in [1.82, 2.24) is 0 Å². The van der Waals surface area contributed by atoms with E-state index >= 15 is 0 Å². The van der Waals surface area contributed by atoms with E-state index in [1.54, 1.807) is 19.9 Å². The van der Waals surface area contributed by atoms with Gasteiger partial charge < -0.3 is 15.2 Å². The molecular formula is C13H19ClFNO3. The summed E-state index contributed by atoms with van der Waals surface area (Å²) in [4.78, 5) is 11.7. The highest BCUT2D eigenvalue weighted by Crippen LogP contribution is 2.38. The fraction of sp³-hybridized carbons (Fsp3) is 0.462. The molecule has 0 aliphatic rings. The second-order valence-corrected chi connectivity index (χ2v) is 4.55. The van der Waals surface area contributed by atoms with E-state index in [1.165, 1.54) is 26.4 Å². The molecule has 0 saturated carbocycles. The zero-order valence-electron chi connectivity index (χ0n) is 11.4. The molecule has 0 saturated heterocycles. The van der Waals surface area contributed by atoms with Crippen molar-refractivity contribution < 1.29 is 18.7 Å². The van der Waals surface area contributed by atoms with Gasteiger partial charge in [-0.25, -0.2) is 4.39 Å². The monoisotopic (exact) mass is 291 g/mol. The van der Waals surface area contributed by atoms with Gasteiger partial charge in [0, 0.05) is 5.56 Å². The van der Waals surface area contributed by atoms with E-state index < -0.39 is 23.2 Å². The van der Waals surface area contributed by atoms with Crippen LogP contribution in [0.25, 0.3) is 0 Å². The van der Waals surface area contributed by atoms with E-state index in [0.717, 1.165) is 0 Å². The number of benzene rings is 1. The Kier molecular flexibility index (Phi) is 6.25. The molecule has 0 fully saturated rings. The van der Waals surface area contributed by atoms with E-state index in [4.69, 9.17) is 10.5 Å². The highest BCUT2D eigenvalue weighted by atomic mass is 35.5. The number of ether oxygens (including phenoxy) is 2. The van der Waals surface area contributed by atoms with Crippen LogP contribution in [0.5, 0.6) is 5.75 Å². The number of halogens is 2. The number of carbonyl (C=O) groups is 1. The summed E-state index contributed by atoms with van der Waals surface area (Å²) < 4.78 is 23.6. The predicted molar refractivity (Wildman–Crippen MR) is 72.9 cm³/mol. The molecule has 1 aromatic carbocycles. The normalized spacial score (nSPS) is 12.3. The minimum absolute atomic E-state index is 0. The third-order valence-electron chi connectivity index (χ3n) is 3.03. The highest BCUT2D eigenvalue weighted by Gasteiger charge is 2.39. The quantitative estimate of drug-likeness (QED) is 0.866. The molecule has 0 aliphatic heterocycles. The summed E-state index contributed by atoms with van der Waals surface area (Å²) in [6.45, 7) is 3.21. The van der Waals surface area contributed by atoms with Crippen molar-refractivity contribution in [3.05, 3.63) is 29.6 Å². The van der Waals surface area contributed by atoms with Crippen LogP contribution in [0.3, 0.4) is 0 Å². The van der Waals surface area contributed by atoms with Crippen LogP contribution < -0.4 is 10.5 Å². The maximum absolute atomic E-state index is 13.9. The van der Waals surface area contributed by atoms with Gasteiger partial charge in [0.2, 0.25) is 0 Å². The summed E-state index contributed by atoms with van der Waals surface area (Å²) in [5.41, 5.74) is 5.13. The molecule has 1 atom stereocenters. The summed E-state index contributed by atoms with van der Waals surface area (Å²) in [6.07, 6.45) is 0. The number of hydrogen-bond donors (Lipinski definition) is 1. The van der Waals surface area contributed by atoms with Crippen molar-refractivity contribution >= 4 is 18.4 Å². The van der Waals surface area contributed by atoms with E-state index in [2.05, 4.69) is 4.74 Å². The van der Waals surface area contributed by atoms with E-state index in [1.807, 2.05) is 0 Å². The molecule has 0 heterocycles. The lowest BCUT2D eigenvalue weighted by Crippen LogP contribution is -2.38. The molecule has 1 aromatic rings. The third kappa shape index (κ3) is 3.36. The second-order valence-electron chi connectivity index (χ2n) is 4.55. The molecule has 19 heavy (non-hydrogen) atoms. The molecule has 0 spiro atoms. The number of rotatable bonds is 4. The van der Waals surface area contributed by atoms with Gasteiger partial charge in [0.05, 0.1) is 25.7 Å². The van der Waals surface area contributed by atoms with Gasteiger partial charge in [0.1, 0.15) is 11.6 Å². The SMILES string of the molecule is COC(=O)C(C)(C)[C@@H](N)c1c(F)cccc1OC.Cl. The van der Waals surface area contributed by atoms with Crippen molar-refractivity contribution in [2.24, 2.45) is 11.1 Å². The smallest absolute Gasteiger partial charge is 0.313 e. The Balaban J connectivity index is 0.00000324. The van der Waals surface area contributed by atoms with Crippen LogP contribution in [-0.4, -0.2) is 20.2 Å². The summed E-state index contributed by atoms with van der Waals surface area (Å²) in [6, 6.07) is 3.55. The fourth-order valence-corrected chi connectivity index (χ4v) is 1.75. The van der Waals surface area contributed by atoms with Crippen LogP contribution in [0.1, 0.15) is 25.5 Å². The van der Waals surface area contributed by atoms with Gasteiger partial charge >= 0.3 is 5.97 Å². The van der Waals surface area contributed by atoms with E-state index in [0.29, 0.717) is 5.75 Å². The van der Waals surface area contributed by atoms with Crippen molar-refractivity contribution in [2.45, 2.75) is 19.9 Å². The van der Waals surface area contributed by atoms with Crippen LogP contribution >= 0.6 is 12.4 Å². The highest BCUT2D eigenvalue weighted by molar-refractivity contribution is 5.85. The lowest BCUT2D eigenvalue weighted by molar-refractivity contribution is -0.152. The largest absolute Gasteiger partial charge is 0.496 e. The lowest BCUT2D eigenvalue weighted by Gasteiger charge is -2.30. The minimum atomic E-state index is -1.05. The van der Waals surface area contributed by atoms with Crippen LogP contribution in [0.15, 0.2) is 18.2 Å². The number of methoxy groups -OCH3 is 2. The summed E-state index contributed by atoms with van der Waals surface area (Å²) in [7, 11) is 2.70. The molecule has 0 bridgehead atoms. The van der Waals surface area contributed by atoms with Crippen molar-refractivity contribution in [1.29, 1.82) is 0 Å². The molecule has 0 aromatic heterocycles. The molecule has 0 aliphatic carbocycles. The van der Waals surface area contributed by atoms with Crippen molar-refractivity contribution in [3.63, 3.8) is 0 Å². The van der Waals surface area contributed by atoms with Gasteiger partial charge in [0.25, 0.3) is 0 Å². The van der Waals surface area contributed by atoms with Crippen LogP contribution in [0.2, 0.25) is 0 Å². The molecule has 0 unspecified atom stereocenters. The minimum Gasteiger partial charge on any atom is -0.496 e. The number of carbonyl (C=O) groups excluding carboxylic acids is 1. The number of hydrogen-bond acceptors (Lipinski definition) is 4. The molecule has 4 nitrogen and oxygen atoms in total. The summed E-state index contributed by atoms with van der Waals surface area (Å²) >= 11 is 0. The van der Waals surface area contributed by atoms with Gasteiger partial charge in [0.15, 0.2) is 0 Å². The Labute approximate surface area is 118 Å². The molecule has 6 heteroatoms. The van der Waals surface area contributed by atoms with E-state index in [-0.39, 0.29) is 18.0 Å². The van der Waals surface area contributed by atoms with Crippen LogP contribution in [0, 0.1) is 11.2 Å². The number of esters is 1. The maximum atomic E-state index is 13.9. The first-order chi connectivity index (χ1) is 8.36. The Bertz CT molecular complexity index is 452. The fourth-order valence-electron chi connectivity index (χ4n) is 1.75. The standard InChI is InChI=1S/C13H18FNO3.ClH/c1-13(2,12(16)18-4)11(15)10-8(14)6-5-7-9(10)17-3;/h5-7,11H,15H2,1-4H3;1H/t11-;/m0./s1. The second kappa shape index (κ2) is 6.73. The van der Waals surface area contributed by atoms with Gasteiger partial charge in [-0.05, 0) is 26.0 Å². The average Bonchev–Trinajstić information content (AvgIpc) is 2.36. The Morgan fingerprint density at radius 1 is 1.37 bits per heavy atom. The first kappa shape index (κ1) is 17.7. The number of nitrogens with two attached hydrogens (primary N) is 1. The van der Waals surface area contributed by atoms with Gasteiger partial charge in [-0.15, -0.1) is 12.4 Å². The van der Waals surface area contributed by atoms with Gasteiger partial charge in [-0.3, -0.25) is 4.79 Å². The molecular weight excluding hydrogens is 273 g/mol. The molecule has 0 radical (unpaired) electrons. The first-order valence-corrected chi connectivity index (χ1v) is 5.52. The van der Waals surface area contributed by atoms with Gasteiger partial charge in [-0.1, -0.05) is 6.07 Å². The summed E-state index contributed by atoms with van der Waals surface area (Å²) in [5.74, 6) is -0.682.